The van der Waals surface area contributed by atoms with E-state index >= 15 is 0 Å². The number of benzene rings is 2. The Balaban J connectivity index is 2.32. The second kappa shape index (κ2) is 6.77. The van der Waals surface area contributed by atoms with E-state index in [2.05, 4.69) is 6.92 Å². The van der Waals surface area contributed by atoms with Gasteiger partial charge in [-0.3, -0.25) is 0 Å². The first-order valence-corrected chi connectivity index (χ1v) is 7.53. The minimum absolute atomic E-state index is 0.230. The smallest absolute Gasteiger partial charge is 0.133 e. The van der Waals surface area contributed by atoms with Gasteiger partial charge in [-0.1, -0.05) is 13.0 Å². The number of halogens is 1. The quantitative estimate of drug-likeness (QED) is 0.824. The number of ether oxygens (including phenoxy) is 1. The number of hydrogen-bond donors (Lipinski definition) is 1. The average molecular weight is 291 g/mol. The lowest BCUT2D eigenvalue weighted by atomic mass is 10.2. The molecule has 0 saturated carbocycles. The molecule has 0 bridgehead atoms. The van der Waals surface area contributed by atoms with E-state index in [0.29, 0.717) is 17.9 Å². The van der Waals surface area contributed by atoms with Gasteiger partial charge >= 0.3 is 0 Å². The highest BCUT2D eigenvalue weighted by Crippen LogP contribution is 2.33. The summed E-state index contributed by atoms with van der Waals surface area (Å²) in [6.45, 7) is 4.23. The predicted molar refractivity (Wildman–Crippen MR) is 81.9 cm³/mol. The molecule has 0 aliphatic carbocycles. The Bertz CT molecular complexity index is 601. The zero-order valence-electron chi connectivity index (χ0n) is 11.7. The monoisotopic (exact) mass is 291 g/mol. The number of aryl methyl sites for hydroxylation is 1. The molecular weight excluding hydrogens is 273 g/mol. The van der Waals surface area contributed by atoms with E-state index in [1.807, 2.05) is 18.2 Å². The average Bonchev–Trinajstić information content (AvgIpc) is 2.44. The third-order valence-corrected chi connectivity index (χ3v) is 3.93. The maximum Gasteiger partial charge on any atom is 0.133 e. The van der Waals surface area contributed by atoms with Gasteiger partial charge in [0.15, 0.2) is 0 Å². The summed E-state index contributed by atoms with van der Waals surface area (Å²) >= 11 is 1.74. The van der Waals surface area contributed by atoms with Crippen LogP contribution in [0.3, 0.4) is 0 Å². The molecule has 0 radical (unpaired) electrons. The molecule has 0 aliphatic rings. The summed E-state index contributed by atoms with van der Waals surface area (Å²) in [5.41, 5.74) is 7.39. The van der Waals surface area contributed by atoms with Gasteiger partial charge in [0, 0.05) is 17.0 Å². The summed E-state index contributed by atoms with van der Waals surface area (Å²) in [5.74, 6) is 2.10. The molecule has 106 valence electrons. The fraction of sp³-hybridized carbons (Fsp3) is 0.250. The van der Waals surface area contributed by atoms with Crippen molar-refractivity contribution in [3.05, 3.63) is 53.3 Å². The Morgan fingerprint density at radius 1 is 1.25 bits per heavy atom. The highest BCUT2D eigenvalue weighted by atomic mass is 32.2. The maximum atomic E-state index is 13.3. The Morgan fingerprint density at radius 2 is 2.05 bits per heavy atom. The highest BCUT2D eigenvalue weighted by Gasteiger charge is 2.10. The van der Waals surface area contributed by atoms with Crippen molar-refractivity contribution in [2.24, 2.45) is 5.73 Å². The molecule has 0 saturated heterocycles. The van der Waals surface area contributed by atoms with Crippen LogP contribution in [-0.2, 0) is 6.54 Å². The Hall–Kier alpha value is -1.52. The van der Waals surface area contributed by atoms with Crippen LogP contribution in [0.2, 0.25) is 0 Å². The molecule has 2 rings (SSSR count). The van der Waals surface area contributed by atoms with E-state index < -0.39 is 0 Å². The third kappa shape index (κ3) is 3.32. The summed E-state index contributed by atoms with van der Waals surface area (Å²) in [6.07, 6.45) is 0. The molecular formula is C16H18FNOS. The van der Waals surface area contributed by atoms with Crippen molar-refractivity contribution < 1.29 is 9.13 Å². The minimum Gasteiger partial charge on any atom is -0.457 e. The first kappa shape index (κ1) is 14.9. The first-order valence-electron chi connectivity index (χ1n) is 6.54. The molecule has 0 heterocycles. The van der Waals surface area contributed by atoms with Gasteiger partial charge in [0.05, 0.1) is 0 Å². The molecule has 20 heavy (non-hydrogen) atoms. The van der Waals surface area contributed by atoms with E-state index in [1.165, 1.54) is 6.07 Å². The van der Waals surface area contributed by atoms with Crippen LogP contribution in [0.5, 0.6) is 11.5 Å². The highest BCUT2D eigenvalue weighted by molar-refractivity contribution is 7.99. The normalized spacial score (nSPS) is 10.6. The van der Waals surface area contributed by atoms with E-state index in [0.717, 1.165) is 22.0 Å². The van der Waals surface area contributed by atoms with Crippen molar-refractivity contribution in [1.82, 2.24) is 0 Å². The van der Waals surface area contributed by atoms with Crippen molar-refractivity contribution in [2.45, 2.75) is 25.3 Å². The van der Waals surface area contributed by atoms with Gasteiger partial charge in [0.2, 0.25) is 0 Å². The van der Waals surface area contributed by atoms with Gasteiger partial charge in [0.25, 0.3) is 0 Å². The van der Waals surface area contributed by atoms with Crippen molar-refractivity contribution in [3.8, 4) is 11.5 Å². The third-order valence-electron chi connectivity index (χ3n) is 2.95. The summed E-state index contributed by atoms with van der Waals surface area (Å²) in [4.78, 5) is 1.13. The molecule has 0 aliphatic heterocycles. The van der Waals surface area contributed by atoms with Crippen molar-refractivity contribution in [2.75, 3.05) is 5.75 Å². The molecule has 2 aromatic rings. The Kier molecular flexibility index (Phi) is 5.04. The number of thioether (sulfide) groups is 1. The summed E-state index contributed by atoms with van der Waals surface area (Å²) in [6, 6.07) is 10.6. The minimum atomic E-state index is -0.230. The molecule has 0 atom stereocenters. The lowest BCUT2D eigenvalue weighted by Crippen LogP contribution is -2.02. The predicted octanol–water partition coefficient (Wildman–Crippen LogP) is 4.50. The fourth-order valence-corrected chi connectivity index (χ4v) is 2.78. The van der Waals surface area contributed by atoms with Gasteiger partial charge in [-0.25, -0.2) is 4.39 Å². The number of hydrogen-bond acceptors (Lipinski definition) is 3. The van der Waals surface area contributed by atoms with Crippen LogP contribution < -0.4 is 10.5 Å². The van der Waals surface area contributed by atoms with E-state index in [-0.39, 0.29) is 5.82 Å². The second-order valence-corrected chi connectivity index (χ2v) is 5.69. The standard InChI is InChI=1S/C16H18FNOS/c1-3-20-16-6-4-5-15(13(16)10-18)19-12-7-8-14(17)11(2)9-12/h4-9H,3,10,18H2,1-2H3. The zero-order valence-corrected chi connectivity index (χ0v) is 12.5. The summed E-state index contributed by atoms with van der Waals surface area (Å²) < 4.78 is 19.1. The number of nitrogens with two attached hydrogens (primary N) is 1. The number of rotatable bonds is 5. The van der Waals surface area contributed by atoms with Crippen molar-refractivity contribution in [3.63, 3.8) is 0 Å². The van der Waals surface area contributed by atoms with E-state index in [4.69, 9.17) is 10.5 Å². The fourth-order valence-electron chi connectivity index (χ4n) is 1.94. The molecule has 0 spiro atoms. The molecule has 0 aromatic heterocycles. The van der Waals surface area contributed by atoms with Crippen LogP contribution in [0.1, 0.15) is 18.1 Å². The van der Waals surface area contributed by atoms with Crippen LogP contribution in [0.25, 0.3) is 0 Å². The van der Waals surface area contributed by atoms with Crippen molar-refractivity contribution in [1.29, 1.82) is 0 Å². The molecule has 0 unspecified atom stereocenters. The Morgan fingerprint density at radius 3 is 2.70 bits per heavy atom. The van der Waals surface area contributed by atoms with Gasteiger partial charge in [-0.2, -0.15) is 0 Å². The molecule has 0 fully saturated rings. The van der Waals surface area contributed by atoms with Crippen LogP contribution >= 0.6 is 11.8 Å². The molecule has 4 heteroatoms. The zero-order chi connectivity index (χ0) is 14.5. The molecule has 2 N–H and O–H groups in total. The van der Waals surface area contributed by atoms with E-state index in [9.17, 15) is 4.39 Å². The first-order chi connectivity index (χ1) is 9.65. The molecule has 2 nitrogen and oxygen atoms in total. The lowest BCUT2D eigenvalue weighted by molar-refractivity contribution is 0.471. The Labute approximate surface area is 123 Å². The van der Waals surface area contributed by atoms with Gasteiger partial charge in [0.1, 0.15) is 17.3 Å². The van der Waals surface area contributed by atoms with E-state index in [1.54, 1.807) is 30.8 Å². The van der Waals surface area contributed by atoms with Gasteiger partial charge < -0.3 is 10.5 Å². The van der Waals surface area contributed by atoms with Crippen LogP contribution in [0, 0.1) is 12.7 Å². The van der Waals surface area contributed by atoms with Crippen LogP contribution in [0.4, 0.5) is 4.39 Å². The topological polar surface area (TPSA) is 35.2 Å². The maximum absolute atomic E-state index is 13.3. The summed E-state index contributed by atoms with van der Waals surface area (Å²) in [7, 11) is 0. The van der Waals surface area contributed by atoms with Crippen LogP contribution in [-0.4, -0.2) is 5.75 Å². The largest absolute Gasteiger partial charge is 0.457 e. The lowest BCUT2D eigenvalue weighted by Gasteiger charge is -2.14. The second-order valence-electron chi connectivity index (χ2n) is 4.38. The van der Waals surface area contributed by atoms with Gasteiger partial charge in [-0.15, -0.1) is 11.8 Å². The molecule has 0 amide bonds. The van der Waals surface area contributed by atoms with Crippen LogP contribution in [0.15, 0.2) is 41.3 Å². The SMILES string of the molecule is CCSc1cccc(Oc2ccc(F)c(C)c2)c1CN. The molecule has 2 aromatic carbocycles. The summed E-state index contributed by atoms with van der Waals surface area (Å²) in [5, 5.41) is 0. The van der Waals surface area contributed by atoms with Gasteiger partial charge in [-0.05, 0) is 48.6 Å². The van der Waals surface area contributed by atoms with Crippen molar-refractivity contribution >= 4 is 11.8 Å².